The molecule has 2 aliphatic rings. The molecule has 13 nitrogen and oxygen atoms in total. The highest BCUT2D eigenvalue weighted by atomic mass is 16.6. The summed E-state index contributed by atoms with van der Waals surface area (Å²) in [5.41, 5.74) is 0.139. The fraction of sp³-hybridized carbons (Fsp3) is 0.750. The first-order valence-corrected chi connectivity index (χ1v) is 20.9. The molecule has 0 radical (unpaired) electrons. The van der Waals surface area contributed by atoms with Gasteiger partial charge in [0.15, 0.2) is 0 Å². The molecular formula is C44H73N5O8. The first kappa shape index (κ1) is 47.8. The van der Waals surface area contributed by atoms with Gasteiger partial charge in [-0.2, -0.15) is 0 Å². The van der Waals surface area contributed by atoms with E-state index in [0.717, 1.165) is 18.4 Å². The van der Waals surface area contributed by atoms with Crippen molar-refractivity contribution in [2.45, 2.75) is 155 Å². The predicted octanol–water partition coefficient (Wildman–Crippen LogP) is 4.36. The molecule has 1 saturated carbocycles. The van der Waals surface area contributed by atoms with E-state index in [2.05, 4.69) is 16.0 Å². The molecule has 3 N–H and O–H groups in total. The molecule has 1 heterocycles. The molecule has 2 fully saturated rings. The number of methoxy groups -OCH3 is 2. The average Bonchev–Trinajstić information content (AvgIpc) is 3.81. The van der Waals surface area contributed by atoms with E-state index >= 15 is 0 Å². The van der Waals surface area contributed by atoms with E-state index < -0.39 is 53.9 Å². The second-order valence-electron chi connectivity index (χ2n) is 18.0. The van der Waals surface area contributed by atoms with Crippen molar-refractivity contribution in [3.05, 3.63) is 35.9 Å². The van der Waals surface area contributed by atoms with Gasteiger partial charge >= 0.3 is 5.97 Å². The van der Waals surface area contributed by atoms with Crippen LogP contribution in [-0.4, -0.2) is 122 Å². The largest absolute Gasteiger partial charge is 0.458 e. The SMILES string of the molecule is CC[C@H](C)[C@@H](C(CC(=O)N1C2C[C@H]2C[C@H]1[C@H](OC)[C@@H](C)C(=O)N[C@@H](Cc1ccccc1)C(=O)OC(C)(C)C)OC)N(C)C(=O)[C@@H](NC(=O)[C@@H](NC)C(C)C)C(C)C. The summed E-state index contributed by atoms with van der Waals surface area (Å²) >= 11 is 0. The molecule has 1 aromatic carbocycles. The minimum atomic E-state index is -0.919. The quantitative estimate of drug-likeness (QED) is 0.154. The summed E-state index contributed by atoms with van der Waals surface area (Å²) in [6.45, 7) is 18.9. The van der Waals surface area contributed by atoms with Gasteiger partial charge in [0.25, 0.3) is 0 Å². The Morgan fingerprint density at radius 3 is 2.00 bits per heavy atom. The lowest BCUT2D eigenvalue weighted by Gasteiger charge is -2.41. The summed E-state index contributed by atoms with van der Waals surface area (Å²) in [5.74, 6) is -2.09. The number of fused-ring (bicyclic) bond motifs is 1. The number of esters is 1. The monoisotopic (exact) mass is 800 g/mol. The smallest absolute Gasteiger partial charge is 0.329 e. The highest BCUT2D eigenvalue weighted by Crippen LogP contribution is 2.50. The third-order valence-corrected chi connectivity index (χ3v) is 11.9. The van der Waals surface area contributed by atoms with Crippen LogP contribution in [0.25, 0.3) is 0 Å². The summed E-state index contributed by atoms with van der Waals surface area (Å²) in [4.78, 5) is 72.9. The first-order chi connectivity index (χ1) is 26.7. The average molecular weight is 800 g/mol. The molecular weight excluding hydrogens is 727 g/mol. The van der Waals surface area contributed by atoms with Crippen LogP contribution >= 0.6 is 0 Å². The zero-order valence-corrected chi connectivity index (χ0v) is 37.1. The van der Waals surface area contributed by atoms with E-state index in [0.29, 0.717) is 12.3 Å². The van der Waals surface area contributed by atoms with Gasteiger partial charge in [0.2, 0.25) is 23.6 Å². The van der Waals surface area contributed by atoms with E-state index in [4.69, 9.17) is 14.2 Å². The summed E-state index contributed by atoms with van der Waals surface area (Å²) in [7, 11) is 6.58. The minimum absolute atomic E-state index is 0.0194. The van der Waals surface area contributed by atoms with Gasteiger partial charge in [-0.25, -0.2) is 4.79 Å². The molecule has 57 heavy (non-hydrogen) atoms. The van der Waals surface area contributed by atoms with Gasteiger partial charge in [0.1, 0.15) is 17.7 Å². The van der Waals surface area contributed by atoms with Crippen LogP contribution in [-0.2, 0) is 44.6 Å². The molecule has 4 amide bonds. The second-order valence-corrected chi connectivity index (χ2v) is 18.0. The molecule has 0 bridgehead atoms. The van der Waals surface area contributed by atoms with E-state index in [1.54, 1.807) is 60.9 Å². The van der Waals surface area contributed by atoms with Crippen molar-refractivity contribution < 1.29 is 38.2 Å². The lowest BCUT2D eigenvalue weighted by Crippen LogP contribution is -2.59. The zero-order chi connectivity index (χ0) is 42.9. The molecule has 1 aliphatic carbocycles. The van der Waals surface area contributed by atoms with Crippen LogP contribution in [0.15, 0.2) is 30.3 Å². The maximum Gasteiger partial charge on any atom is 0.329 e. The number of hydrogen-bond donors (Lipinski definition) is 3. The summed E-state index contributed by atoms with van der Waals surface area (Å²) in [6.07, 6.45) is 1.29. The summed E-state index contributed by atoms with van der Waals surface area (Å²) in [5, 5.41) is 9.00. The number of hydrogen-bond acceptors (Lipinski definition) is 9. The van der Waals surface area contributed by atoms with E-state index in [1.807, 2.05) is 76.8 Å². The first-order valence-electron chi connectivity index (χ1n) is 20.9. The summed E-state index contributed by atoms with van der Waals surface area (Å²) < 4.78 is 17.8. The predicted molar refractivity (Wildman–Crippen MR) is 221 cm³/mol. The molecule has 0 aromatic heterocycles. The Labute approximate surface area is 342 Å². The van der Waals surface area contributed by atoms with Gasteiger partial charge in [-0.1, -0.05) is 85.2 Å². The highest BCUT2D eigenvalue weighted by Gasteiger charge is 2.57. The highest BCUT2D eigenvalue weighted by molar-refractivity contribution is 5.90. The zero-order valence-electron chi connectivity index (χ0n) is 37.1. The van der Waals surface area contributed by atoms with Crippen molar-refractivity contribution >= 4 is 29.6 Å². The Morgan fingerprint density at radius 1 is 0.877 bits per heavy atom. The van der Waals surface area contributed by atoms with Crippen molar-refractivity contribution in [3.63, 3.8) is 0 Å². The van der Waals surface area contributed by atoms with Crippen LogP contribution in [0.3, 0.4) is 0 Å². The van der Waals surface area contributed by atoms with Gasteiger partial charge in [0.05, 0.1) is 42.7 Å². The number of likely N-dealkylation sites (tertiary alicyclic amines) is 1. The third kappa shape index (κ3) is 12.5. The Morgan fingerprint density at radius 2 is 1.49 bits per heavy atom. The number of carbonyl (C=O) groups excluding carboxylic acids is 5. The van der Waals surface area contributed by atoms with Crippen molar-refractivity contribution in [2.75, 3.05) is 28.3 Å². The minimum Gasteiger partial charge on any atom is -0.458 e. The Balaban J connectivity index is 1.83. The number of benzene rings is 1. The van der Waals surface area contributed by atoms with E-state index in [9.17, 15) is 24.0 Å². The number of rotatable bonds is 21. The number of carbonyl (C=O) groups is 5. The Kier molecular flexibility index (Phi) is 17.6. The molecule has 2 unspecified atom stereocenters. The second kappa shape index (κ2) is 20.9. The van der Waals surface area contributed by atoms with Gasteiger partial charge in [-0.05, 0) is 69.9 Å². The number of nitrogens with zero attached hydrogens (tertiary/aromatic N) is 2. The van der Waals surface area contributed by atoms with Crippen LogP contribution in [0.4, 0.5) is 0 Å². The number of nitrogens with one attached hydrogen (secondary N) is 3. The van der Waals surface area contributed by atoms with Crippen LogP contribution in [0.5, 0.6) is 0 Å². The van der Waals surface area contributed by atoms with Gasteiger partial charge in [-0.3, -0.25) is 19.2 Å². The molecule has 0 spiro atoms. The molecule has 1 aliphatic heterocycles. The Bertz CT molecular complexity index is 1500. The van der Waals surface area contributed by atoms with Crippen molar-refractivity contribution in [1.29, 1.82) is 0 Å². The fourth-order valence-electron chi connectivity index (χ4n) is 8.47. The van der Waals surface area contributed by atoms with Gasteiger partial charge in [0, 0.05) is 33.7 Å². The molecule has 13 heteroatoms. The maximum absolute atomic E-state index is 14.5. The lowest BCUT2D eigenvalue weighted by atomic mass is 9.89. The molecule has 1 aromatic rings. The van der Waals surface area contributed by atoms with Crippen LogP contribution in [0, 0.1) is 29.6 Å². The molecule has 11 atom stereocenters. The number of piperidine rings is 1. The molecule has 322 valence electrons. The fourth-order valence-corrected chi connectivity index (χ4v) is 8.47. The van der Waals surface area contributed by atoms with Crippen LogP contribution in [0.1, 0.15) is 100 Å². The summed E-state index contributed by atoms with van der Waals surface area (Å²) in [6, 6.07) is 6.51. The van der Waals surface area contributed by atoms with E-state index in [1.165, 1.54) is 0 Å². The van der Waals surface area contributed by atoms with Crippen LogP contribution in [0.2, 0.25) is 0 Å². The maximum atomic E-state index is 14.5. The van der Waals surface area contributed by atoms with Gasteiger partial charge in [-0.15, -0.1) is 0 Å². The van der Waals surface area contributed by atoms with Crippen LogP contribution < -0.4 is 16.0 Å². The molecule has 3 rings (SSSR count). The Hall–Kier alpha value is -3.55. The van der Waals surface area contributed by atoms with Crippen molar-refractivity contribution in [1.82, 2.24) is 25.8 Å². The standard InChI is InChI=1S/C44H73N5O8/c1-15-27(6)38(48(12)42(53)37(26(4)5)47-41(52)36(45-11)25(2)3)34(55-13)24-35(50)49-32-22-30(32)23-33(49)39(56-14)28(7)40(51)46-31(43(54)57-44(8,9)10)21-29-19-17-16-18-20-29/h16-20,25-28,30-34,36-39,45H,15,21-24H2,1-14H3,(H,46,51)(H,47,52)/t27-,28+,30-,31-,32?,33-,34?,36-,37-,38-,39+/m0/s1. The molecule has 1 saturated heterocycles. The normalized spacial score (nSPS) is 22.0. The van der Waals surface area contributed by atoms with Gasteiger partial charge < -0.3 is 40.0 Å². The topological polar surface area (TPSA) is 156 Å². The third-order valence-electron chi connectivity index (χ3n) is 11.9. The number of ether oxygens (including phenoxy) is 3. The van der Waals surface area contributed by atoms with Crippen molar-refractivity contribution in [3.8, 4) is 0 Å². The lowest BCUT2D eigenvalue weighted by molar-refractivity contribution is -0.159. The van der Waals surface area contributed by atoms with Crippen molar-refractivity contribution in [2.24, 2.45) is 29.6 Å². The van der Waals surface area contributed by atoms with E-state index in [-0.39, 0.29) is 66.3 Å². The number of likely N-dealkylation sites (N-methyl/N-ethyl adjacent to an activating group) is 2. The number of amides is 4.